The number of halogens is 6. The first-order valence-corrected chi connectivity index (χ1v) is 6.28. The number of carboxylic acid groups (broad SMARTS) is 1. The fourth-order valence-corrected chi connectivity index (χ4v) is 2.02. The molecule has 0 amide bonds. The van der Waals surface area contributed by atoms with Crippen LogP contribution in [0, 0.1) is 0 Å². The number of carboxylic acids is 1. The minimum absolute atomic E-state index is 0.194. The summed E-state index contributed by atoms with van der Waals surface area (Å²) in [5, 5.41) is 8.80. The average Bonchev–Trinajstić information content (AvgIpc) is 2.44. The van der Waals surface area contributed by atoms with Gasteiger partial charge in [-0.25, -0.2) is 4.79 Å². The van der Waals surface area contributed by atoms with E-state index < -0.39 is 40.9 Å². The van der Waals surface area contributed by atoms with Crippen LogP contribution in [0.2, 0.25) is 0 Å². The largest absolute Gasteiger partial charge is 0.573 e. The molecule has 0 aliphatic heterocycles. The van der Waals surface area contributed by atoms with Gasteiger partial charge in [-0.1, -0.05) is 18.2 Å². The molecule has 0 radical (unpaired) electrons. The van der Waals surface area contributed by atoms with Crippen molar-refractivity contribution < 1.29 is 41.0 Å². The molecule has 0 fully saturated rings. The molecule has 24 heavy (non-hydrogen) atoms. The van der Waals surface area contributed by atoms with Crippen LogP contribution in [-0.4, -0.2) is 17.4 Å². The van der Waals surface area contributed by atoms with Crippen LogP contribution < -0.4 is 4.74 Å². The molecule has 1 N–H and O–H groups in total. The van der Waals surface area contributed by atoms with Gasteiger partial charge >= 0.3 is 18.5 Å². The number of alkyl halides is 6. The highest BCUT2D eigenvalue weighted by Gasteiger charge is 2.35. The van der Waals surface area contributed by atoms with Gasteiger partial charge in [0.1, 0.15) is 5.75 Å². The molecule has 0 bridgehead atoms. The Morgan fingerprint density at radius 2 is 1.62 bits per heavy atom. The first-order valence-electron chi connectivity index (χ1n) is 6.28. The van der Waals surface area contributed by atoms with E-state index in [1.54, 1.807) is 0 Å². The summed E-state index contributed by atoms with van der Waals surface area (Å²) in [5.41, 5.74) is -2.51. The summed E-state index contributed by atoms with van der Waals surface area (Å²) in [4.78, 5) is 10.8. The molecular weight excluding hydrogens is 342 g/mol. The molecule has 0 saturated heterocycles. The lowest BCUT2D eigenvalue weighted by molar-refractivity contribution is -0.274. The smallest absolute Gasteiger partial charge is 0.478 e. The molecule has 2 rings (SSSR count). The molecule has 0 atom stereocenters. The Balaban J connectivity index is 2.56. The van der Waals surface area contributed by atoms with Gasteiger partial charge in [0, 0.05) is 0 Å². The van der Waals surface area contributed by atoms with E-state index in [-0.39, 0.29) is 5.56 Å². The molecule has 2 aromatic carbocycles. The van der Waals surface area contributed by atoms with Crippen molar-refractivity contribution in [2.45, 2.75) is 12.5 Å². The Morgan fingerprint density at radius 1 is 0.958 bits per heavy atom. The topological polar surface area (TPSA) is 46.5 Å². The van der Waals surface area contributed by atoms with Gasteiger partial charge in [-0.15, -0.1) is 13.2 Å². The number of carbonyl (C=O) groups is 1. The fourth-order valence-electron chi connectivity index (χ4n) is 2.02. The van der Waals surface area contributed by atoms with Crippen LogP contribution in [0.4, 0.5) is 26.3 Å². The third-order valence-corrected chi connectivity index (χ3v) is 2.95. The predicted octanol–water partition coefficient (Wildman–Crippen LogP) is 4.97. The monoisotopic (exact) mass is 350 g/mol. The molecule has 0 unspecified atom stereocenters. The van der Waals surface area contributed by atoms with Crippen LogP contribution in [0.15, 0.2) is 42.5 Å². The van der Waals surface area contributed by atoms with Crippen molar-refractivity contribution >= 4 is 5.97 Å². The van der Waals surface area contributed by atoms with Gasteiger partial charge in [0.15, 0.2) is 0 Å². The van der Waals surface area contributed by atoms with Gasteiger partial charge in [-0.2, -0.15) is 13.2 Å². The van der Waals surface area contributed by atoms with Crippen LogP contribution in [-0.2, 0) is 6.18 Å². The van der Waals surface area contributed by atoms with E-state index in [1.807, 2.05) is 0 Å². The van der Waals surface area contributed by atoms with Crippen molar-refractivity contribution in [1.82, 2.24) is 0 Å². The Hall–Kier alpha value is -2.71. The number of ether oxygens (including phenoxy) is 1. The van der Waals surface area contributed by atoms with E-state index in [4.69, 9.17) is 5.11 Å². The molecule has 0 saturated carbocycles. The van der Waals surface area contributed by atoms with E-state index >= 15 is 0 Å². The van der Waals surface area contributed by atoms with E-state index in [9.17, 15) is 31.1 Å². The fraction of sp³-hybridized carbons (Fsp3) is 0.133. The summed E-state index contributed by atoms with van der Waals surface area (Å²) in [7, 11) is 0. The summed E-state index contributed by atoms with van der Waals surface area (Å²) in [5.74, 6) is -2.24. The van der Waals surface area contributed by atoms with Crippen LogP contribution in [0.5, 0.6) is 5.75 Å². The van der Waals surface area contributed by atoms with Gasteiger partial charge in [0.2, 0.25) is 0 Å². The Kier molecular flexibility index (Phi) is 4.46. The summed E-state index contributed by atoms with van der Waals surface area (Å²) in [6.07, 6.45) is -9.87. The molecule has 3 nitrogen and oxygen atoms in total. The molecule has 9 heteroatoms. The quantitative estimate of drug-likeness (QED) is 0.795. The molecule has 0 aliphatic rings. The summed E-state index contributed by atoms with van der Waals surface area (Å²) in [6, 6.07) is 6.24. The van der Waals surface area contributed by atoms with Crippen molar-refractivity contribution in [2.24, 2.45) is 0 Å². The number of hydrogen-bond acceptors (Lipinski definition) is 2. The number of benzene rings is 2. The summed E-state index contributed by atoms with van der Waals surface area (Å²) in [6.45, 7) is 0. The maximum Gasteiger partial charge on any atom is 0.573 e. The lowest BCUT2D eigenvalue weighted by Gasteiger charge is -2.15. The molecule has 0 spiro atoms. The van der Waals surface area contributed by atoms with Crippen LogP contribution >= 0.6 is 0 Å². The van der Waals surface area contributed by atoms with Crippen molar-refractivity contribution in [3.05, 3.63) is 53.6 Å². The highest BCUT2D eigenvalue weighted by atomic mass is 19.4. The van der Waals surface area contributed by atoms with Crippen molar-refractivity contribution in [3.63, 3.8) is 0 Å². The number of aromatic carboxylic acids is 1. The summed E-state index contributed by atoms with van der Waals surface area (Å²) >= 11 is 0. The molecule has 0 aromatic heterocycles. The highest BCUT2D eigenvalue weighted by molar-refractivity contribution is 5.89. The van der Waals surface area contributed by atoms with Gasteiger partial charge in [0.05, 0.1) is 11.1 Å². The first kappa shape index (κ1) is 17.6. The molecule has 0 heterocycles. The zero-order valence-electron chi connectivity index (χ0n) is 11.6. The lowest BCUT2D eigenvalue weighted by Crippen LogP contribution is -2.17. The highest BCUT2D eigenvalue weighted by Crippen LogP contribution is 2.39. The molecule has 2 aromatic rings. The van der Waals surface area contributed by atoms with Gasteiger partial charge in [0.25, 0.3) is 0 Å². The zero-order chi connectivity index (χ0) is 18.1. The second-order valence-electron chi connectivity index (χ2n) is 4.64. The lowest BCUT2D eigenvalue weighted by atomic mass is 9.97. The maximum atomic E-state index is 13.1. The SMILES string of the molecule is O=C(O)c1ccc(-c2cccc(OC(F)(F)F)c2)c(C(F)(F)F)c1. The standard InChI is InChI=1S/C15H8F6O3/c16-14(17,18)12-7-9(13(22)23)4-5-11(12)8-2-1-3-10(6-8)24-15(19,20)21/h1-7H,(H,22,23). The Morgan fingerprint density at radius 3 is 2.17 bits per heavy atom. The molecular formula is C15H8F6O3. The van der Waals surface area contributed by atoms with E-state index in [2.05, 4.69) is 4.74 Å². The van der Waals surface area contributed by atoms with E-state index in [0.29, 0.717) is 6.07 Å². The van der Waals surface area contributed by atoms with Crippen molar-refractivity contribution in [1.29, 1.82) is 0 Å². The van der Waals surface area contributed by atoms with Gasteiger partial charge < -0.3 is 9.84 Å². The normalized spacial score (nSPS) is 12.1. The van der Waals surface area contributed by atoms with Crippen LogP contribution in [0.1, 0.15) is 15.9 Å². The molecule has 0 aliphatic carbocycles. The second kappa shape index (κ2) is 6.06. The van der Waals surface area contributed by atoms with Crippen molar-refractivity contribution in [2.75, 3.05) is 0 Å². The Bertz CT molecular complexity index is 765. The summed E-state index contributed by atoms with van der Waals surface area (Å²) < 4.78 is 79.8. The van der Waals surface area contributed by atoms with Crippen LogP contribution in [0.25, 0.3) is 11.1 Å². The minimum atomic E-state index is -4.99. The van der Waals surface area contributed by atoms with Crippen molar-refractivity contribution in [3.8, 4) is 16.9 Å². The second-order valence-corrected chi connectivity index (χ2v) is 4.64. The number of hydrogen-bond donors (Lipinski definition) is 1. The van der Waals surface area contributed by atoms with Gasteiger partial charge in [-0.3, -0.25) is 0 Å². The zero-order valence-corrected chi connectivity index (χ0v) is 11.6. The molecule has 128 valence electrons. The van der Waals surface area contributed by atoms with Gasteiger partial charge in [-0.05, 0) is 35.4 Å². The number of rotatable bonds is 3. The average molecular weight is 350 g/mol. The third kappa shape index (κ3) is 4.18. The first-order chi connectivity index (χ1) is 11.0. The minimum Gasteiger partial charge on any atom is -0.478 e. The van der Waals surface area contributed by atoms with E-state index in [0.717, 1.165) is 36.4 Å². The van der Waals surface area contributed by atoms with Crippen LogP contribution in [0.3, 0.4) is 0 Å². The maximum absolute atomic E-state index is 13.1. The predicted molar refractivity (Wildman–Crippen MR) is 70.5 cm³/mol. The third-order valence-electron chi connectivity index (χ3n) is 2.95. The Labute approximate surface area is 131 Å². The van der Waals surface area contributed by atoms with E-state index in [1.165, 1.54) is 0 Å².